The van der Waals surface area contributed by atoms with Gasteiger partial charge in [0.15, 0.2) is 0 Å². The fraction of sp³-hybridized carbons (Fsp3) is 0.368. The van der Waals surface area contributed by atoms with Crippen molar-refractivity contribution in [2.75, 3.05) is 11.9 Å². The van der Waals surface area contributed by atoms with Crippen LogP contribution in [0.15, 0.2) is 18.2 Å². The van der Waals surface area contributed by atoms with Crippen molar-refractivity contribution >= 4 is 28.2 Å². The first kappa shape index (κ1) is 18.2. The number of thiophene rings is 1. The average Bonchev–Trinajstić information content (AvgIpc) is 2.83. The third-order valence-electron chi connectivity index (χ3n) is 3.82. The van der Waals surface area contributed by atoms with Gasteiger partial charge in [0.2, 0.25) is 5.91 Å². The van der Waals surface area contributed by atoms with E-state index in [4.69, 9.17) is 4.74 Å². The van der Waals surface area contributed by atoms with E-state index in [0.29, 0.717) is 22.9 Å². The minimum atomic E-state index is -0.342. The lowest BCUT2D eigenvalue weighted by molar-refractivity contribution is -0.115. The van der Waals surface area contributed by atoms with Crippen LogP contribution in [0.5, 0.6) is 0 Å². The lowest BCUT2D eigenvalue weighted by Gasteiger charge is -2.11. The molecule has 5 heteroatoms. The second-order valence-corrected chi connectivity index (χ2v) is 7.00. The summed E-state index contributed by atoms with van der Waals surface area (Å²) in [7, 11) is 0. The van der Waals surface area contributed by atoms with E-state index in [9.17, 15) is 9.59 Å². The largest absolute Gasteiger partial charge is 0.462 e. The number of amides is 1. The molecule has 0 aliphatic rings. The third kappa shape index (κ3) is 4.23. The summed E-state index contributed by atoms with van der Waals surface area (Å²) in [6, 6.07) is 5.98. The van der Waals surface area contributed by atoms with Gasteiger partial charge >= 0.3 is 5.97 Å². The molecule has 1 aromatic heterocycles. The third-order valence-corrected chi connectivity index (χ3v) is 4.95. The molecule has 0 fully saturated rings. The smallest absolute Gasteiger partial charge is 0.348 e. The zero-order chi connectivity index (χ0) is 17.9. The van der Waals surface area contributed by atoms with Gasteiger partial charge in [-0.05, 0) is 62.9 Å². The summed E-state index contributed by atoms with van der Waals surface area (Å²) in [5, 5.41) is 3.56. The molecule has 1 aromatic carbocycles. The van der Waals surface area contributed by atoms with Crippen molar-refractivity contribution in [1.82, 2.24) is 0 Å². The molecular weight excluding hydrogens is 322 g/mol. The van der Waals surface area contributed by atoms with Gasteiger partial charge in [0, 0.05) is 0 Å². The lowest BCUT2D eigenvalue weighted by Crippen LogP contribution is -2.15. The summed E-state index contributed by atoms with van der Waals surface area (Å²) < 4.78 is 5.02. The first-order valence-electron chi connectivity index (χ1n) is 7.96. The molecule has 4 nitrogen and oxygen atoms in total. The van der Waals surface area contributed by atoms with E-state index in [2.05, 4.69) is 24.4 Å². The van der Waals surface area contributed by atoms with Gasteiger partial charge in [-0.2, -0.15) is 0 Å². The molecule has 1 amide bonds. The summed E-state index contributed by atoms with van der Waals surface area (Å²) >= 11 is 1.25. The van der Waals surface area contributed by atoms with E-state index in [-0.39, 0.29) is 11.9 Å². The van der Waals surface area contributed by atoms with Gasteiger partial charge in [-0.1, -0.05) is 17.7 Å². The van der Waals surface area contributed by atoms with Gasteiger partial charge in [-0.25, -0.2) is 4.79 Å². The van der Waals surface area contributed by atoms with Crippen molar-refractivity contribution in [3.63, 3.8) is 0 Å². The summed E-state index contributed by atoms with van der Waals surface area (Å²) in [6.07, 6.45) is 0.323. The number of rotatable bonds is 5. The number of nitrogens with one attached hydrogen (secondary N) is 1. The Balaban J connectivity index is 2.11. The van der Waals surface area contributed by atoms with Crippen molar-refractivity contribution in [3.8, 4) is 0 Å². The number of carbonyl (C=O) groups is 2. The normalized spacial score (nSPS) is 10.5. The standard InChI is InChI=1S/C19H23NO3S/c1-6-23-19(22)18-14(5)9-17(24-18)20-16(21)10-15-12(3)7-11(2)8-13(15)4/h7-9H,6,10H2,1-5H3,(H,20,21). The maximum atomic E-state index is 12.4. The second kappa shape index (κ2) is 7.62. The van der Waals surface area contributed by atoms with Gasteiger partial charge in [0.1, 0.15) is 4.88 Å². The topological polar surface area (TPSA) is 55.4 Å². The van der Waals surface area contributed by atoms with Crippen LogP contribution in [0, 0.1) is 27.7 Å². The molecular formula is C19H23NO3S. The Kier molecular flexibility index (Phi) is 5.78. The highest BCUT2D eigenvalue weighted by Crippen LogP contribution is 2.27. The Morgan fingerprint density at radius 1 is 1.04 bits per heavy atom. The summed E-state index contributed by atoms with van der Waals surface area (Å²) in [4.78, 5) is 24.8. The van der Waals surface area contributed by atoms with E-state index in [1.54, 1.807) is 6.92 Å². The first-order chi connectivity index (χ1) is 11.3. The molecule has 24 heavy (non-hydrogen) atoms. The van der Waals surface area contributed by atoms with Gasteiger partial charge in [-0.15, -0.1) is 11.3 Å². The Hall–Kier alpha value is -2.14. The number of hydrogen-bond acceptors (Lipinski definition) is 4. The number of esters is 1. The molecule has 0 aliphatic heterocycles. The van der Waals surface area contributed by atoms with Crippen molar-refractivity contribution in [3.05, 3.63) is 50.9 Å². The number of carbonyl (C=O) groups excluding carboxylic acids is 2. The lowest BCUT2D eigenvalue weighted by atomic mass is 9.97. The Morgan fingerprint density at radius 3 is 2.25 bits per heavy atom. The molecule has 1 heterocycles. The monoisotopic (exact) mass is 345 g/mol. The molecule has 0 aliphatic carbocycles. The summed E-state index contributed by atoms with van der Waals surface area (Å²) in [6.45, 7) is 10.1. The van der Waals surface area contributed by atoms with Gasteiger partial charge in [0.25, 0.3) is 0 Å². The molecule has 0 saturated heterocycles. The second-order valence-electron chi connectivity index (χ2n) is 5.95. The molecule has 0 saturated carbocycles. The predicted molar refractivity (Wildman–Crippen MR) is 98.0 cm³/mol. The Bertz CT molecular complexity index is 754. The maximum absolute atomic E-state index is 12.4. The van der Waals surface area contributed by atoms with E-state index < -0.39 is 0 Å². The van der Waals surface area contributed by atoms with Gasteiger partial charge in [0.05, 0.1) is 18.0 Å². The van der Waals surface area contributed by atoms with Crippen LogP contribution < -0.4 is 5.32 Å². The maximum Gasteiger partial charge on any atom is 0.348 e. The highest BCUT2D eigenvalue weighted by molar-refractivity contribution is 7.18. The number of hydrogen-bond donors (Lipinski definition) is 1. The summed E-state index contributed by atoms with van der Waals surface area (Å²) in [5.41, 5.74) is 5.31. The molecule has 2 rings (SSSR count). The zero-order valence-electron chi connectivity index (χ0n) is 14.8. The Labute approximate surface area is 146 Å². The molecule has 0 unspecified atom stereocenters. The van der Waals surface area contributed by atoms with Crippen molar-refractivity contribution < 1.29 is 14.3 Å². The molecule has 128 valence electrons. The summed E-state index contributed by atoms with van der Waals surface area (Å²) in [5.74, 6) is -0.424. The van der Waals surface area contributed by atoms with E-state index >= 15 is 0 Å². The zero-order valence-corrected chi connectivity index (χ0v) is 15.6. The predicted octanol–water partition coefficient (Wildman–Crippen LogP) is 4.34. The molecule has 2 aromatic rings. The van der Waals surface area contributed by atoms with Crippen LogP contribution >= 0.6 is 11.3 Å². The SMILES string of the molecule is CCOC(=O)c1sc(NC(=O)Cc2c(C)cc(C)cc2C)cc1C. The number of benzene rings is 1. The van der Waals surface area contributed by atoms with Crippen molar-refractivity contribution in [2.45, 2.75) is 41.0 Å². The molecule has 0 radical (unpaired) electrons. The fourth-order valence-corrected chi connectivity index (χ4v) is 3.76. The minimum Gasteiger partial charge on any atom is -0.462 e. The van der Waals surface area contributed by atoms with Crippen LogP contribution in [-0.4, -0.2) is 18.5 Å². The van der Waals surface area contributed by atoms with Gasteiger partial charge < -0.3 is 10.1 Å². The van der Waals surface area contributed by atoms with Crippen molar-refractivity contribution in [2.24, 2.45) is 0 Å². The van der Waals surface area contributed by atoms with Crippen LogP contribution in [0.25, 0.3) is 0 Å². The quantitative estimate of drug-likeness (QED) is 0.820. The number of aryl methyl sites for hydroxylation is 4. The number of anilines is 1. The van der Waals surface area contributed by atoms with Crippen LogP contribution in [0.3, 0.4) is 0 Å². The highest BCUT2D eigenvalue weighted by atomic mass is 32.1. The number of ether oxygens (including phenoxy) is 1. The molecule has 0 spiro atoms. The van der Waals surface area contributed by atoms with Crippen LogP contribution in [0.2, 0.25) is 0 Å². The van der Waals surface area contributed by atoms with Crippen LogP contribution in [0.1, 0.15) is 44.4 Å². The highest BCUT2D eigenvalue weighted by Gasteiger charge is 2.16. The average molecular weight is 345 g/mol. The first-order valence-corrected chi connectivity index (χ1v) is 8.77. The molecule has 0 atom stereocenters. The van der Waals surface area contributed by atoms with E-state index in [0.717, 1.165) is 22.3 Å². The Morgan fingerprint density at radius 2 is 1.67 bits per heavy atom. The fourth-order valence-electron chi connectivity index (χ4n) is 2.77. The molecule has 0 bridgehead atoms. The van der Waals surface area contributed by atoms with Crippen LogP contribution in [0.4, 0.5) is 5.00 Å². The van der Waals surface area contributed by atoms with Crippen molar-refractivity contribution in [1.29, 1.82) is 0 Å². The minimum absolute atomic E-state index is 0.0817. The van der Waals surface area contributed by atoms with Crippen LogP contribution in [-0.2, 0) is 16.0 Å². The van der Waals surface area contributed by atoms with E-state index in [1.807, 2.05) is 26.8 Å². The molecule has 1 N–H and O–H groups in total. The van der Waals surface area contributed by atoms with E-state index in [1.165, 1.54) is 16.9 Å². The van der Waals surface area contributed by atoms with Gasteiger partial charge in [-0.3, -0.25) is 4.79 Å².